The predicted molar refractivity (Wildman–Crippen MR) is 154 cm³/mol. The molecule has 0 radical (unpaired) electrons. The lowest BCUT2D eigenvalue weighted by molar-refractivity contribution is -0.114. The summed E-state index contributed by atoms with van der Waals surface area (Å²) >= 11 is 3.94. The highest BCUT2D eigenvalue weighted by Gasteiger charge is 2.49. The van der Waals surface area contributed by atoms with Crippen molar-refractivity contribution in [2.45, 2.75) is 36.9 Å². The van der Waals surface area contributed by atoms with Gasteiger partial charge in [0.25, 0.3) is 5.56 Å². The Morgan fingerprint density at radius 1 is 1.11 bits per heavy atom. The molecule has 0 bridgehead atoms. The van der Waals surface area contributed by atoms with Crippen LogP contribution in [-0.4, -0.2) is 95.5 Å². The summed E-state index contributed by atoms with van der Waals surface area (Å²) in [5, 5.41) is 10.7. The van der Waals surface area contributed by atoms with E-state index < -0.39 is 94.1 Å². The van der Waals surface area contributed by atoms with E-state index >= 15 is 4.39 Å². The molecule has 24 heteroatoms. The second-order valence-electron chi connectivity index (χ2n) is 10.2. The number of aromatic amines is 1. The fourth-order valence-electron chi connectivity index (χ4n) is 5.14. The highest BCUT2D eigenvalue weighted by atomic mass is 32.7. The summed E-state index contributed by atoms with van der Waals surface area (Å²) in [6.45, 7) is -6.45. The van der Waals surface area contributed by atoms with Crippen molar-refractivity contribution in [1.29, 1.82) is 0 Å². The fourth-order valence-corrected chi connectivity index (χ4v) is 7.20. The minimum atomic E-state index is -5.24. The van der Waals surface area contributed by atoms with Crippen molar-refractivity contribution >= 4 is 54.9 Å². The van der Waals surface area contributed by atoms with E-state index in [1.165, 1.54) is 10.9 Å². The van der Waals surface area contributed by atoms with Crippen molar-refractivity contribution in [3.8, 4) is 0 Å². The molecule has 2 saturated heterocycles. The Hall–Kier alpha value is -2.88. The van der Waals surface area contributed by atoms with Gasteiger partial charge < -0.3 is 34.7 Å². The number of aromatic nitrogens is 7. The lowest BCUT2D eigenvalue weighted by atomic mass is 10.0. The Labute approximate surface area is 261 Å². The molecule has 0 aliphatic carbocycles. The van der Waals surface area contributed by atoms with Crippen molar-refractivity contribution in [2.75, 3.05) is 32.7 Å². The van der Waals surface area contributed by atoms with Gasteiger partial charge in [-0.05, 0) is 0 Å². The van der Waals surface area contributed by atoms with Crippen LogP contribution in [0.25, 0.3) is 22.2 Å². The number of fused-ring (bicyclic) bond motifs is 3. The number of alkyl halides is 1. The number of phosphoric ester groups is 1. The van der Waals surface area contributed by atoms with Crippen LogP contribution in [0.1, 0.15) is 12.5 Å². The molecule has 2 unspecified atom stereocenters. The lowest BCUT2D eigenvalue weighted by Gasteiger charge is -2.32. The quantitative estimate of drug-likeness (QED) is 0.148. The second kappa shape index (κ2) is 12.6. The van der Waals surface area contributed by atoms with Crippen molar-refractivity contribution in [2.24, 2.45) is 5.92 Å². The summed E-state index contributed by atoms with van der Waals surface area (Å²) in [4.78, 5) is 41.1. The number of phosphoric acid groups is 1. The number of thiol groups is 1. The molecule has 9 atom stereocenters. The molecule has 4 aromatic rings. The molecule has 0 saturated carbocycles. The summed E-state index contributed by atoms with van der Waals surface area (Å²) < 4.78 is 91.5. The molecular weight excluding hydrogens is 684 g/mol. The number of ether oxygens (including phenoxy) is 2. The molecule has 2 aliphatic rings. The van der Waals surface area contributed by atoms with Gasteiger partial charge in [-0.2, -0.15) is 0 Å². The van der Waals surface area contributed by atoms with Gasteiger partial charge in [-0.3, -0.25) is 27.5 Å². The number of aliphatic hydroxyl groups is 1. The Morgan fingerprint density at radius 2 is 1.87 bits per heavy atom. The lowest BCUT2D eigenvalue weighted by Crippen LogP contribution is -2.40. The van der Waals surface area contributed by atoms with Crippen LogP contribution in [0.3, 0.4) is 0 Å². The smallest absolute Gasteiger partial charge is 0.386 e. The van der Waals surface area contributed by atoms with Crippen LogP contribution in [-0.2, 0) is 36.7 Å². The van der Waals surface area contributed by atoms with Crippen LogP contribution in [0.15, 0.2) is 30.0 Å². The molecule has 0 aromatic carbocycles. The molecule has 19 nitrogen and oxygen atoms in total. The zero-order valence-electron chi connectivity index (χ0n) is 23.4. The minimum Gasteiger partial charge on any atom is -0.386 e. The molecule has 6 rings (SSSR count). The maximum Gasteiger partial charge on any atom is 0.474 e. The van der Waals surface area contributed by atoms with Crippen molar-refractivity contribution in [3.63, 3.8) is 0 Å². The third-order valence-corrected chi connectivity index (χ3v) is 10.0. The molecular formula is C22H26F2N8O11P2S. The number of nitrogens with zero attached hydrogens (tertiary/aromatic N) is 6. The molecule has 2 fully saturated rings. The number of hydrogen-bond acceptors (Lipinski definition) is 15. The van der Waals surface area contributed by atoms with Crippen LogP contribution in [0.2, 0.25) is 0 Å². The average Bonchev–Trinajstić information content (AvgIpc) is 3.68. The summed E-state index contributed by atoms with van der Waals surface area (Å²) in [5.74, 6) is -2.38. The van der Waals surface area contributed by atoms with Crippen molar-refractivity contribution < 1.29 is 55.5 Å². The molecule has 46 heavy (non-hydrogen) atoms. The van der Waals surface area contributed by atoms with E-state index in [9.17, 15) is 28.3 Å². The Morgan fingerprint density at radius 3 is 2.63 bits per heavy atom. The molecule has 4 aromatic heterocycles. The first-order chi connectivity index (χ1) is 21.8. The number of rotatable bonds is 3. The van der Waals surface area contributed by atoms with E-state index in [-0.39, 0.29) is 22.6 Å². The van der Waals surface area contributed by atoms with E-state index in [4.69, 9.17) is 33.3 Å². The summed E-state index contributed by atoms with van der Waals surface area (Å²) in [5.41, 5.74) is 4.84. The highest BCUT2D eigenvalue weighted by Crippen LogP contribution is 2.55. The number of halogens is 2. The summed E-state index contributed by atoms with van der Waals surface area (Å²) in [6.07, 6.45) is -6.26. The van der Waals surface area contributed by atoms with Gasteiger partial charge in [0.1, 0.15) is 29.4 Å². The zero-order valence-corrected chi connectivity index (χ0v) is 26.1. The maximum atomic E-state index is 16.0. The Balaban J connectivity index is 1.36. The normalized spacial score (nSPS) is 34.9. The predicted octanol–water partition coefficient (Wildman–Crippen LogP) is 1.23. The minimum absolute atomic E-state index is 0.0234. The first-order valence-electron chi connectivity index (χ1n) is 13.2. The third kappa shape index (κ3) is 6.22. The number of methoxy groups -OCH3 is 1. The van der Waals surface area contributed by atoms with E-state index in [1.807, 2.05) is 0 Å². The molecule has 6 heterocycles. The number of H-pyrrole nitrogens is 1. The van der Waals surface area contributed by atoms with Crippen LogP contribution < -0.4 is 11.3 Å². The van der Waals surface area contributed by atoms with E-state index in [0.29, 0.717) is 6.20 Å². The third-order valence-electron chi connectivity index (χ3n) is 7.43. The van der Waals surface area contributed by atoms with Crippen LogP contribution in [0.5, 0.6) is 0 Å². The van der Waals surface area contributed by atoms with E-state index in [0.717, 1.165) is 24.3 Å². The van der Waals surface area contributed by atoms with E-state index in [1.54, 1.807) is 0 Å². The van der Waals surface area contributed by atoms with Gasteiger partial charge in [0, 0.05) is 19.2 Å². The maximum absolute atomic E-state index is 16.0. The van der Waals surface area contributed by atoms with Crippen LogP contribution >= 0.6 is 26.9 Å². The zero-order chi connectivity index (χ0) is 33.0. The van der Waals surface area contributed by atoms with Gasteiger partial charge in [-0.25, -0.2) is 37.8 Å². The number of imidazole rings is 1. The molecule has 0 spiro atoms. The second-order valence-corrected chi connectivity index (χ2v) is 14.5. The SMILES string of the molecule is CO[C@@H]1COP(=O)(S)OC[C@H]2[C@@H](F)[C@H](n3cnc4c(N)ncnc43)O[C@@H]2COP(=O)(O)O[C@@H](n2cc(F)c3c(=O)[nH]cnc32)[C@@H]1O. The largest absolute Gasteiger partial charge is 0.474 e. The van der Waals surface area contributed by atoms with Crippen molar-refractivity contribution in [3.05, 3.63) is 41.3 Å². The number of nitrogens with two attached hydrogens (primary N) is 1. The fraction of sp³-hybridized carbons (Fsp3) is 0.500. The number of hydrogen-bond donors (Lipinski definition) is 5. The summed E-state index contributed by atoms with van der Waals surface area (Å²) in [7, 11) is -4.13. The average molecular weight is 711 g/mol. The van der Waals surface area contributed by atoms with E-state index in [2.05, 4.69) is 37.2 Å². The number of nitrogen functional groups attached to an aromatic ring is 1. The van der Waals surface area contributed by atoms with Gasteiger partial charge in [-0.15, -0.1) is 0 Å². The first-order valence-corrected chi connectivity index (χ1v) is 17.4. The first kappa shape index (κ1) is 33.0. The molecule has 250 valence electrons. The highest BCUT2D eigenvalue weighted by molar-refractivity contribution is 8.44. The van der Waals surface area contributed by atoms with Crippen LogP contribution in [0, 0.1) is 11.7 Å². The van der Waals surface area contributed by atoms with Gasteiger partial charge >= 0.3 is 14.6 Å². The number of nitrogens with one attached hydrogen (secondary N) is 1. The van der Waals surface area contributed by atoms with Crippen molar-refractivity contribution in [1.82, 2.24) is 34.1 Å². The van der Waals surface area contributed by atoms with Gasteiger partial charge in [0.05, 0.1) is 38.6 Å². The number of aliphatic hydroxyl groups excluding tert-OH is 1. The Bertz CT molecular complexity index is 1910. The van der Waals surface area contributed by atoms with Gasteiger partial charge in [0.15, 0.2) is 41.6 Å². The van der Waals surface area contributed by atoms with Crippen LogP contribution in [0.4, 0.5) is 14.6 Å². The topological polar surface area (TPSA) is 250 Å². The standard InChI is InChI=1S/C22H26F2N8O11P2S/c1-38-12-5-41-45(37,46)40-3-9-11(42-21(14(9)24)32-8-30-15-17(25)26-6-28-19(15)32)4-39-44(35,36)43-22(16(12)33)31-2-10(23)13-18(31)27-7-29-20(13)34/h2,6-9,11-12,14,16,21-22,33H,3-5H2,1H3,(H,35,36)(H,37,46)(H2,25,26,28)(H,27,29,34)/t9-,11-,12-,14-,16-,21-,22-,45?/m1/s1. The molecule has 0 amide bonds. The molecule has 2 aliphatic heterocycles. The monoisotopic (exact) mass is 710 g/mol. The summed E-state index contributed by atoms with van der Waals surface area (Å²) in [6, 6.07) is 0. The number of anilines is 1. The Kier molecular flexibility index (Phi) is 9.06. The van der Waals surface area contributed by atoms with Gasteiger partial charge in [-0.1, -0.05) is 12.2 Å². The van der Waals surface area contributed by atoms with Gasteiger partial charge in [0.2, 0.25) is 0 Å². The molecule has 5 N–H and O–H groups in total.